The lowest BCUT2D eigenvalue weighted by Crippen LogP contribution is -2.54. The first kappa shape index (κ1) is 29.0. The largest absolute Gasteiger partial charge is 0.366 e. The van der Waals surface area contributed by atoms with Crippen molar-refractivity contribution in [3.63, 3.8) is 0 Å². The summed E-state index contributed by atoms with van der Waals surface area (Å²) in [6.07, 6.45) is 9.56. The highest BCUT2D eigenvalue weighted by atomic mass is 35.5. The minimum atomic E-state index is -0.413. The summed E-state index contributed by atoms with van der Waals surface area (Å²) in [6.45, 7) is 13.4. The van der Waals surface area contributed by atoms with Crippen LogP contribution in [0.2, 0.25) is 5.02 Å². The average Bonchev–Trinajstić information content (AvgIpc) is 2.94. The van der Waals surface area contributed by atoms with Crippen molar-refractivity contribution in [1.82, 2.24) is 24.4 Å². The zero-order valence-corrected chi connectivity index (χ0v) is 25.2. The number of fused-ring (bicyclic) bond motifs is 1. The average molecular weight is 578 g/mol. The molecule has 0 bridgehead atoms. The predicted molar refractivity (Wildman–Crippen MR) is 165 cm³/mol. The molecule has 218 valence electrons. The van der Waals surface area contributed by atoms with Crippen LogP contribution in [0.15, 0.2) is 35.8 Å². The molecule has 1 atom stereocenters. The zero-order chi connectivity index (χ0) is 29.3. The highest BCUT2D eigenvalue weighted by molar-refractivity contribution is 6.33. The number of aromatic nitrogens is 4. The maximum atomic E-state index is 14.0. The molecular formula is C31H40ClN7O2. The molecule has 9 nitrogen and oxygen atoms in total. The normalized spacial score (nSPS) is 18.2. The molecule has 0 spiro atoms. The fraction of sp³-hybridized carbons (Fsp3) is 0.516. The van der Waals surface area contributed by atoms with Crippen LogP contribution in [0.25, 0.3) is 16.7 Å². The number of amides is 1. The molecule has 0 unspecified atom stereocenters. The van der Waals surface area contributed by atoms with Gasteiger partial charge in [0.05, 0.1) is 21.8 Å². The molecule has 3 aromatic heterocycles. The second kappa shape index (κ2) is 12.2. The van der Waals surface area contributed by atoms with Crippen LogP contribution in [-0.4, -0.2) is 62.0 Å². The fourth-order valence-electron chi connectivity index (χ4n) is 6.12. The van der Waals surface area contributed by atoms with E-state index in [-0.39, 0.29) is 11.9 Å². The summed E-state index contributed by atoms with van der Waals surface area (Å²) in [5, 5.41) is 4.76. The first-order chi connectivity index (χ1) is 19.7. The minimum Gasteiger partial charge on any atom is -0.366 e. The second-order valence-corrected chi connectivity index (χ2v) is 12.2. The minimum absolute atomic E-state index is 0.0750. The fourth-order valence-corrected chi connectivity index (χ4v) is 6.32. The molecule has 1 aliphatic heterocycles. The topological polar surface area (TPSA) is 96.3 Å². The van der Waals surface area contributed by atoms with E-state index in [0.717, 1.165) is 29.8 Å². The van der Waals surface area contributed by atoms with Gasteiger partial charge in [-0.3, -0.25) is 9.78 Å². The van der Waals surface area contributed by atoms with E-state index in [4.69, 9.17) is 16.6 Å². The van der Waals surface area contributed by atoms with E-state index in [1.165, 1.54) is 25.3 Å². The molecule has 1 amide bonds. The standard InChI is InChI=1S/C31H40ClN7O2/c1-6-26(40)37-14-15-38(21(5)18-37)29-23-17-24(32)28(34-22-10-8-7-9-11-22)35-30(23)39(31(41)36-29)27-20(4)12-13-33-25(27)16-19(2)3/h6,12-13,17,19,21-22H,1,7-11,14-16,18H2,2-5H3,(H,34,35)/t21-/m0/s1. The molecule has 0 radical (unpaired) electrons. The van der Waals surface area contributed by atoms with Gasteiger partial charge in [0.1, 0.15) is 11.6 Å². The summed E-state index contributed by atoms with van der Waals surface area (Å²) in [5.74, 6) is 1.36. The van der Waals surface area contributed by atoms with Gasteiger partial charge >= 0.3 is 5.69 Å². The third-order valence-corrected chi connectivity index (χ3v) is 8.45. The summed E-state index contributed by atoms with van der Waals surface area (Å²) >= 11 is 6.89. The molecule has 1 N–H and O–H groups in total. The molecule has 41 heavy (non-hydrogen) atoms. The highest BCUT2D eigenvalue weighted by Crippen LogP contribution is 2.34. The number of pyridine rings is 2. The lowest BCUT2D eigenvalue weighted by molar-refractivity contribution is -0.126. The van der Waals surface area contributed by atoms with Crippen LogP contribution in [0.5, 0.6) is 0 Å². The number of carbonyl (C=O) groups excluding carboxylic acids is 1. The Morgan fingerprint density at radius 3 is 2.66 bits per heavy atom. The van der Waals surface area contributed by atoms with Gasteiger partial charge in [0.25, 0.3) is 0 Å². The van der Waals surface area contributed by atoms with Crippen molar-refractivity contribution in [3.8, 4) is 5.69 Å². The molecule has 2 aliphatic rings. The van der Waals surface area contributed by atoms with Crippen LogP contribution >= 0.6 is 11.6 Å². The van der Waals surface area contributed by atoms with E-state index in [1.54, 1.807) is 15.7 Å². The van der Waals surface area contributed by atoms with Crippen molar-refractivity contribution in [2.45, 2.75) is 78.3 Å². The van der Waals surface area contributed by atoms with Gasteiger partial charge in [-0.15, -0.1) is 0 Å². The summed E-state index contributed by atoms with van der Waals surface area (Å²) in [7, 11) is 0. The van der Waals surface area contributed by atoms with Crippen molar-refractivity contribution in [2.24, 2.45) is 5.92 Å². The molecule has 1 saturated heterocycles. The van der Waals surface area contributed by atoms with E-state index in [0.29, 0.717) is 65.7 Å². The number of piperazine rings is 1. The molecule has 0 aromatic carbocycles. The van der Waals surface area contributed by atoms with Crippen LogP contribution in [0.4, 0.5) is 11.6 Å². The third kappa shape index (κ3) is 5.96. The van der Waals surface area contributed by atoms with Crippen molar-refractivity contribution >= 4 is 40.2 Å². The Kier molecular flexibility index (Phi) is 8.63. The summed E-state index contributed by atoms with van der Waals surface area (Å²) in [4.78, 5) is 44.6. The summed E-state index contributed by atoms with van der Waals surface area (Å²) in [5.41, 5.74) is 2.58. The first-order valence-corrected chi connectivity index (χ1v) is 15.1. The van der Waals surface area contributed by atoms with Crippen molar-refractivity contribution < 1.29 is 4.79 Å². The van der Waals surface area contributed by atoms with Gasteiger partial charge in [-0.25, -0.2) is 14.3 Å². The van der Waals surface area contributed by atoms with Gasteiger partial charge in [-0.2, -0.15) is 4.98 Å². The molecular weight excluding hydrogens is 538 g/mol. The zero-order valence-electron chi connectivity index (χ0n) is 24.5. The maximum Gasteiger partial charge on any atom is 0.355 e. The van der Waals surface area contributed by atoms with Crippen LogP contribution in [0.1, 0.15) is 64.1 Å². The first-order valence-electron chi connectivity index (χ1n) is 14.7. The van der Waals surface area contributed by atoms with Gasteiger partial charge in [-0.05, 0) is 62.8 Å². The molecule has 3 aromatic rings. The van der Waals surface area contributed by atoms with Gasteiger partial charge in [0.2, 0.25) is 5.91 Å². The third-order valence-electron chi connectivity index (χ3n) is 8.16. The number of hydrogen-bond donors (Lipinski definition) is 1. The number of halogens is 1. The van der Waals surface area contributed by atoms with Crippen LogP contribution in [0.3, 0.4) is 0 Å². The Balaban J connectivity index is 1.70. The predicted octanol–water partition coefficient (Wildman–Crippen LogP) is 5.30. The number of rotatable bonds is 7. The van der Waals surface area contributed by atoms with Crippen molar-refractivity contribution in [2.75, 3.05) is 29.9 Å². The number of anilines is 2. The molecule has 1 aliphatic carbocycles. The molecule has 10 heteroatoms. The smallest absolute Gasteiger partial charge is 0.355 e. The van der Waals surface area contributed by atoms with Gasteiger partial charge < -0.3 is 15.1 Å². The SMILES string of the molecule is C=CC(=O)N1CCN(c2nc(=O)n(-c3c(C)ccnc3CC(C)C)c3nc(NC4CCCCC4)c(Cl)cc23)[C@@H](C)C1. The van der Waals surface area contributed by atoms with Gasteiger partial charge in [-0.1, -0.05) is 51.3 Å². The Morgan fingerprint density at radius 2 is 1.98 bits per heavy atom. The van der Waals surface area contributed by atoms with Crippen LogP contribution in [-0.2, 0) is 11.2 Å². The van der Waals surface area contributed by atoms with Gasteiger partial charge in [0, 0.05) is 37.9 Å². The Morgan fingerprint density at radius 1 is 1.22 bits per heavy atom. The molecule has 2 fully saturated rings. The summed E-state index contributed by atoms with van der Waals surface area (Å²) in [6, 6.07) is 4.02. The van der Waals surface area contributed by atoms with Crippen LogP contribution in [0, 0.1) is 12.8 Å². The van der Waals surface area contributed by atoms with Crippen molar-refractivity contribution in [1.29, 1.82) is 0 Å². The second-order valence-electron chi connectivity index (χ2n) is 11.8. The lowest BCUT2D eigenvalue weighted by atomic mass is 9.95. The number of hydrogen-bond acceptors (Lipinski definition) is 7. The van der Waals surface area contributed by atoms with E-state index < -0.39 is 5.69 Å². The highest BCUT2D eigenvalue weighted by Gasteiger charge is 2.30. The molecule has 5 rings (SSSR count). The maximum absolute atomic E-state index is 14.0. The van der Waals surface area contributed by atoms with Crippen LogP contribution < -0.4 is 15.9 Å². The van der Waals surface area contributed by atoms with E-state index in [9.17, 15) is 9.59 Å². The Labute approximate surface area is 246 Å². The van der Waals surface area contributed by atoms with E-state index in [1.807, 2.05) is 26.0 Å². The Hall–Kier alpha value is -3.46. The quantitative estimate of drug-likeness (QED) is 0.380. The van der Waals surface area contributed by atoms with Gasteiger partial charge in [0.15, 0.2) is 5.65 Å². The van der Waals surface area contributed by atoms with Crippen molar-refractivity contribution in [3.05, 3.63) is 57.7 Å². The van der Waals surface area contributed by atoms with E-state index in [2.05, 4.69) is 40.6 Å². The molecule has 4 heterocycles. The number of aryl methyl sites for hydroxylation is 1. The monoisotopic (exact) mass is 577 g/mol. The molecule has 1 saturated carbocycles. The Bertz CT molecular complexity index is 1510. The number of nitrogens with zero attached hydrogens (tertiary/aromatic N) is 6. The van der Waals surface area contributed by atoms with E-state index >= 15 is 0 Å². The summed E-state index contributed by atoms with van der Waals surface area (Å²) < 4.78 is 1.61. The number of carbonyl (C=O) groups is 1. The lowest BCUT2D eigenvalue weighted by Gasteiger charge is -2.40. The number of nitrogens with one attached hydrogen (secondary N) is 1.